The van der Waals surface area contributed by atoms with E-state index >= 15 is 0 Å². The minimum atomic E-state index is -0.182. The lowest BCUT2D eigenvalue weighted by atomic mass is 9.96. The molecule has 1 nitrogen and oxygen atoms in total. The van der Waals surface area contributed by atoms with Crippen LogP contribution in [-0.2, 0) is 4.79 Å². The van der Waals surface area contributed by atoms with Crippen molar-refractivity contribution in [3.8, 4) is 0 Å². The Hall–Kier alpha value is -0.0400. The molecule has 1 unspecified atom stereocenters. The van der Waals surface area contributed by atoms with E-state index in [0.717, 1.165) is 18.8 Å². The Kier molecular flexibility index (Phi) is 16.3. The van der Waals surface area contributed by atoms with Crippen LogP contribution in [0.3, 0.4) is 0 Å². The normalized spacial score (nSPS) is 12.5. The first kappa shape index (κ1) is 21.0. The van der Waals surface area contributed by atoms with Crippen molar-refractivity contribution in [1.82, 2.24) is 0 Å². The lowest BCUT2D eigenvalue weighted by molar-refractivity contribution is -0.111. The Bertz CT molecular complexity index is 228. The van der Waals surface area contributed by atoms with Gasteiger partial charge in [0.05, 0.1) is 0 Å². The number of carbonyl (C=O) groups excluding carboxylic acids is 1. The van der Waals surface area contributed by atoms with Crippen LogP contribution >= 0.6 is 11.6 Å². The Morgan fingerprint density at radius 3 is 1.67 bits per heavy atom. The summed E-state index contributed by atoms with van der Waals surface area (Å²) in [4.78, 5) is 10.6. The van der Waals surface area contributed by atoms with Crippen LogP contribution in [0.25, 0.3) is 0 Å². The first-order valence-corrected chi connectivity index (χ1v) is 9.73. The zero-order chi connectivity index (χ0) is 15.8. The van der Waals surface area contributed by atoms with Crippen LogP contribution in [0.1, 0.15) is 110 Å². The van der Waals surface area contributed by atoms with Crippen LogP contribution in [0.2, 0.25) is 0 Å². The van der Waals surface area contributed by atoms with Crippen molar-refractivity contribution in [2.45, 2.75) is 110 Å². The van der Waals surface area contributed by atoms with Crippen molar-refractivity contribution in [2.24, 2.45) is 5.92 Å². The number of rotatable bonds is 16. The molecule has 0 saturated heterocycles. The minimum absolute atomic E-state index is 0.182. The number of hydrogen-bond acceptors (Lipinski definition) is 1. The van der Waals surface area contributed by atoms with E-state index in [4.69, 9.17) is 11.6 Å². The first-order chi connectivity index (χ1) is 10.2. The van der Waals surface area contributed by atoms with Gasteiger partial charge in [0.15, 0.2) is 0 Å². The fourth-order valence-corrected chi connectivity index (χ4v) is 3.01. The average Bonchev–Trinajstić information content (AvgIpc) is 2.45. The second-order valence-corrected chi connectivity index (χ2v) is 7.10. The van der Waals surface area contributed by atoms with E-state index in [-0.39, 0.29) is 5.24 Å². The molecule has 0 bridgehead atoms. The van der Waals surface area contributed by atoms with Gasteiger partial charge in [-0.15, -0.1) is 0 Å². The molecular weight excluding hydrogens is 280 g/mol. The summed E-state index contributed by atoms with van der Waals surface area (Å²) in [6, 6.07) is 0. The summed E-state index contributed by atoms with van der Waals surface area (Å²) in [7, 11) is 0. The third-order valence-electron chi connectivity index (χ3n) is 4.37. The van der Waals surface area contributed by atoms with E-state index in [2.05, 4.69) is 13.8 Å². The van der Waals surface area contributed by atoms with Crippen LogP contribution in [0, 0.1) is 5.92 Å². The van der Waals surface area contributed by atoms with Crippen molar-refractivity contribution in [2.75, 3.05) is 0 Å². The monoisotopic (exact) mass is 316 g/mol. The molecule has 0 aromatic carbocycles. The maximum absolute atomic E-state index is 10.6. The zero-order valence-corrected chi connectivity index (χ0v) is 15.2. The SMILES string of the molecule is CCCCCCCCC(C)CCCCCCCCC(=O)Cl. The molecule has 1 atom stereocenters. The Morgan fingerprint density at radius 1 is 0.762 bits per heavy atom. The predicted molar refractivity (Wildman–Crippen MR) is 95.0 cm³/mol. The van der Waals surface area contributed by atoms with E-state index in [0.29, 0.717) is 6.42 Å². The van der Waals surface area contributed by atoms with Gasteiger partial charge >= 0.3 is 0 Å². The van der Waals surface area contributed by atoms with Gasteiger partial charge in [-0.1, -0.05) is 97.3 Å². The molecule has 0 heterocycles. The van der Waals surface area contributed by atoms with Crippen molar-refractivity contribution < 1.29 is 4.79 Å². The van der Waals surface area contributed by atoms with Crippen molar-refractivity contribution in [1.29, 1.82) is 0 Å². The highest BCUT2D eigenvalue weighted by molar-refractivity contribution is 6.63. The van der Waals surface area contributed by atoms with Gasteiger partial charge in [0.25, 0.3) is 0 Å². The number of hydrogen-bond donors (Lipinski definition) is 0. The van der Waals surface area contributed by atoms with Gasteiger partial charge in [0.1, 0.15) is 0 Å². The molecule has 0 aliphatic rings. The van der Waals surface area contributed by atoms with Gasteiger partial charge in [-0.05, 0) is 23.9 Å². The van der Waals surface area contributed by atoms with E-state index in [1.807, 2.05) is 0 Å². The standard InChI is InChI=1S/C19H37ClO/c1-3-4-5-6-9-12-15-18(2)16-13-10-7-8-11-14-17-19(20)21/h18H,3-17H2,1-2H3. The second-order valence-electron chi connectivity index (χ2n) is 6.68. The van der Waals surface area contributed by atoms with Gasteiger partial charge in [0, 0.05) is 6.42 Å². The summed E-state index contributed by atoms with van der Waals surface area (Å²) in [6.45, 7) is 4.69. The van der Waals surface area contributed by atoms with Crippen LogP contribution in [0.4, 0.5) is 0 Å². The minimum Gasteiger partial charge on any atom is -0.281 e. The fraction of sp³-hybridized carbons (Fsp3) is 0.947. The lowest BCUT2D eigenvalue weighted by Gasteiger charge is -2.11. The summed E-state index contributed by atoms with van der Waals surface area (Å²) in [5, 5.41) is -0.182. The molecule has 0 aromatic heterocycles. The van der Waals surface area contributed by atoms with Crippen LogP contribution < -0.4 is 0 Å². The van der Waals surface area contributed by atoms with Crippen molar-refractivity contribution >= 4 is 16.8 Å². The summed E-state index contributed by atoms with van der Waals surface area (Å²) >= 11 is 5.31. The Balaban J connectivity index is 3.15. The Morgan fingerprint density at radius 2 is 1.19 bits per heavy atom. The van der Waals surface area contributed by atoms with Crippen LogP contribution in [0.15, 0.2) is 0 Å². The third kappa shape index (κ3) is 17.9. The smallest absolute Gasteiger partial charge is 0.221 e. The molecule has 0 aromatic rings. The molecule has 0 spiro atoms. The van der Waals surface area contributed by atoms with E-state index < -0.39 is 0 Å². The second kappa shape index (κ2) is 16.3. The highest BCUT2D eigenvalue weighted by Gasteiger charge is 2.02. The lowest BCUT2D eigenvalue weighted by Crippen LogP contribution is -1.95. The topological polar surface area (TPSA) is 17.1 Å². The van der Waals surface area contributed by atoms with Gasteiger partial charge in [-0.3, -0.25) is 4.79 Å². The predicted octanol–water partition coefficient (Wildman–Crippen LogP) is 7.26. The molecule has 0 rings (SSSR count). The molecule has 0 N–H and O–H groups in total. The number of unbranched alkanes of at least 4 members (excludes halogenated alkanes) is 10. The number of carbonyl (C=O) groups is 1. The average molecular weight is 317 g/mol. The molecule has 0 amide bonds. The highest BCUT2D eigenvalue weighted by Crippen LogP contribution is 2.18. The van der Waals surface area contributed by atoms with Crippen molar-refractivity contribution in [3.05, 3.63) is 0 Å². The van der Waals surface area contributed by atoms with Gasteiger partial charge in [0.2, 0.25) is 5.24 Å². The first-order valence-electron chi connectivity index (χ1n) is 9.35. The number of halogens is 1. The summed E-state index contributed by atoms with van der Waals surface area (Å²) in [5.41, 5.74) is 0. The van der Waals surface area contributed by atoms with Crippen LogP contribution in [-0.4, -0.2) is 5.24 Å². The summed E-state index contributed by atoms with van der Waals surface area (Å²) in [5.74, 6) is 0.907. The molecule has 0 fully saturated rings. The molecule has 2 heteroatoms. The Labute approximate surface area is 138 Å². The van der Waals surface area contributed by atoms with E-state index in [9.17, 15) is 4.79 Å². The summed E-state index contributed by atoms with van der Waals surface area (Å²) in [6.07, 6.45) is 19.3. The summed E-state index contributed by atoms with van der Waals surface area (Å²) < 4.78 is 0. The van der Waals surface area contributed by atoms with E-state index in [1.54, 1.807) is 0 Å². The van der Waals surface area contributed by atoms with Gasteiger partial charge in [-0.2, -0.15) is 0 Å². The van der Waals surface area contributed by atoms with Gasteiger partial charge < -0.3 is 0 Å². The molecule has 126 valence electrons. The molecule has 21 heavy (non-hydrogen) atoms. The molecule has 0 aliphatic heterocycles. The molecular formula is C19H37ClO. The molecule has 0 radical (unpaired) electrons. The molecule has 0 saturated carbocycles. The van der Waals surface area contributed by atoms with Crippen molar-refractivity contribution in [3.63, 3.8) is 0 Å². The fourth-order valence-electron chi connectivity index (χ4n) is 2.88. The largest absolute Gasteiger partial charge is 0.281 e. The third-order valence-corrected chi connectivity index (χ3v) is 4.56. The quantitative estimate of drug-likeness (QED) is 0.216. The van der Waals surface area contributed by atoms with E-state index in [1.165, 1.54) is 77.0 Å². The maximum atomic E-state index is 10.6. The zero-order valence-electron chi connectivity index (χ0n) is 14.5. The maximum Gasteiger partial charge on any atom is 0.221 e. The van der Waals surface area contributed by atoms with Gasteiger partial charge in [-0.25, -0.2) is 0 Å². The highest BCUT2D eigenvalue weighted by atomic mass is 35.5. The molecule has 0 aliphatic carbocycles. The van der Waals surface area contributed by atoms with Crippen LogP contribution in [0.5, 0.6) is 0 Å².